The smallest absolute Gasteiger partial charge is 0.289 e. The van der Waals surface area contributed by atoms with Crippen LogP contribution in [0.25, 0.3) is 10.9 Å². The van der Waals surface area contributed by atoms with Crippen molar-refractivity contribution in [2.75, 3.05) is 5.73 Å². The fourth-order valence-corrected chi connectivity index (χ4v) is 3.77. The van der Waals surface area contributed by atoms with Crippen LogP contribution >= 0.6 is 11.6 Å². The van der Waals surface area contributed by atoms with E-state index in [1.165, 1.54) is 0 Å². The summed E-state index contributed by atoms with van der Waals surface area (Å²) in [5, 5.41) is 13.9. The van der Waals surface area contributed by atoms with Crippen LogP contribution in [0.4, 0.5) is 5.82 Å². The van der Waals surface area contributed by atoms with Crippen molar-refractivity contribution >= 4 is 34.2 Å². The number of nitrogens with two attached hydrogens (primary N) is 1. The lowest BCUT2D eigenvalue weighted by molar-refractivity contribution is 0.0917. The first-order valence-corrected chi connectivity index (χ1v) is 10.4. The number of aliphatic hydroxyl groups excluding tert-OH is 1. The lowest BCUT2D eigenvalue weighted by atomic mass is 10.1. The van der Waals surface area contributed by atoms with Gasteiger partial charge in [-0.25, -0.2) is 9.97 Å². The zero-order chi connectivity index (χ0) is 22.8. The molecule has 8 nitrogen and oxygen atoms in total. The van der Waals surface area contributed by atoms with Crippen LogP contribution in [0.1, 0.15) is 44.5 Å². The second-order valence-corrected chi connectivity index (χ2v) is 7.95. The van der Waals surface area contributed by atoms with Crippen LogP contribution in [-0.4, -0.2) is 26.0 Å². The van der Waals surface area contributed by atoms with Gasteiger partial charge in [0.15, 0.2) is 5.89 Å². The first-order chi connectivity index (χ1) is 15.3. The third-order valence-electron chi connectivity index (χ3n) is 5.16. The van der Waals surface area contributed by atoms with Crippen LogP contribution in [0.15, 0.2) is 40.9 Å². The molecule has 0 atom stereocenters. The topological polar surface area (TPSA) is 127 Å². The maximum Gasteiger partial charge on any atom is 0.289 e. The van der Waals surface area contributed by atoms with E-state index in [0.717, 1.165) is 33.3 Å². The Bertz CT molecular complexity index is 1300. The Hall–Kier alpha value is -3.49. The molecule has 4 rings (SSSR count). The molecule has 3 aromatic heterocycles. The normalized spacial score (nSPS) is 11.1. The summed E-state index contributed by atoms with van der Waals surface area (Å²) in [5.74, 6) is 0.295. The van der Waals surface area contributed by atoms with Gasteiger partial charge in [-0.3, -0.25) is 9.78 Å². The molecular weight excluding hydrogens is 430 g/mol. The predicted octanol–water partition coefficient (Wildman–Crippen LogP) is 3.48. The maximum atomic E-state index is 12.7. The first-order valence-electron chi connectivity index (χ1n) is 9.98. The number of aryl methyl sites for hydroxylation is 2. The number of nitrogen functional groups attached to an aromatic ring is 1. The molecular formula is C23H22ClN5O3. The zero-order valence-corrected chi connectivity index (χ0v) is 18.4. The molecule has 0 bridgehead atoms. The Kier molecular flexibility index (Phi) is 6.07. The standard InChI is InChI=1S/C23H22ClN5O3/c1-12-5-20(25)28-13(2)17(12)10-27-23(31)22-19(11-30)29-21(32-22)7-14-3-4-18-15(6-14)8-16(24)9-26-18/h3-6,8-9,30H,7,10-11H2,1-2H3,(H2,25,28)(H,27,31). The van der Waals surface area contributed by atoms with Crippen molar-refractivity contribution in [3.8, 4) is 0 Å². The monoisotopic (exact) mass is 451 g/mol. The number of anilines is 1. The van der Waals surface area contributed by atoms with E-state index in [9.17, 15) is 9.90 Å². The molecule has 3 heterocycles. The highest BCUT2D eigenvalue weighted by Crippen LogP contribution is 2.21. The van der Waals surface area contributed by atoms with E-state index in [4.69, 9.17) is 21.8 Å². The number of aliphatic hydroxyl groups is 1. The lowest BCUT2D eigenvalue weighted by Gasteiger charge is -2.11. The minimum Gasteiger partial charge on any atom is -0.435 e. The van der Waals surface area contributed by atoms with Crippen LogP contribution in [0.2, 0.25) is 5.02 Å². The predicted molar refractivity (Wildman–Crippen MR) is 121 cm³/mol. The van der Waals surface area contributed by atoms with Crippen LogP contribution in [-0.2, 0) is 19.6 Å². The van der Waals surface area contributed by atoms with Gasteiger partial charge in [-0.1, -0.05) is 17.7 Å². The summed E-state index contributed by atoms with van der Waals surface area (Å²) < 4.78 is 5.71. The molecule has 0 saturated carbocycles. The molecule has 0 spiro atoms. The Morgan fingerprint density at radius 1 is 1.22 bits per heavy atom. The van der Waals surface area contributed by atoms with Gasteiger partial charge in [0.05, 0.1) is 17.1 Å². The fourth-order valence-electron chi connectivity index (χ4n) is 3.60. The molecule has 164 valence electrons. The Morgan fingerprint density at radius 2 is 2.03 bits per heavy atom. The lowest BCUT2D eigenvalue weighted by Crippen LogP contribution is -2.24. The second kappa shape index (κ2) is 8.94. The Balaban J connectivity index is 1.52. The fraction of sp³-hybridized carbons (Fsp3) is 0.217. The van der Waals surface area contributed by atoms with Gasteiger partial charge in [-0.15, -0.1) is 0 Å². The number of pyridine rings is 2. The molecule has 32 heavy (non-hydrogen) atoms. The highest BCUT2D eigenvalue weighted by atomic mass is 35.5. The number of fused-ring (bicyclic) bond motifs is 1. The number of oxazole rings is 1. The number of carbonyl (C=O) groups excluding carboxylic acids is 1. The number of amides is 1. The third-order valence-corrected chi connectivity index (χ3v) is 5.37. The van der Waals surface area contributed by atoms with Crippen molar-refractivity contribution in [1.82, 2.24) is 20.3 Å². The number of benzene rings is 1. The highest BCUT2D eigenvalue weighted by Gasteiger charge is 2.20. The van der Waals surface area contributed by atoms with Crippen molar-refractivity contribution in [2.24, 2.45) is 0 Å². The molecule has 4 aromatic rings. The van der Waals surface area contributed by atoms with E-state index in [2.05, 4.69) is 20.3 Å². The van der Waals surface area contributed by atoms with E-state index in [1.54, 1.807) is 12.3 Å². The minimum absolute atomic E-state index is 0.00768. The van der Waals surface area contributed by atoms with Gasteiger partial charge in [0, 0.05) is 30.2 Å². The third kappa shape index (κ3) is 4.56. The minimum atomic E-state index is -0.460. The molecule has 0 aliphatic carbocycles. The molecule has 0 aliphatic heterocycles. The molecule has 0 unspecified atom stereocenters. The van der Waals surface area contributed by atoms with Crippen molar-refractivity contribution in [3.05, 3.63) is 81.3 Å². The van der Waals surface area contributed by atoms with Crippen LogP contribution < -0.4 is 11.1 Å². The number of nitrogens with zero attached hydrogens (tertiary/aromatic N) is 3. The number of rotatable bonds is 6. The Labute approximate surface area is 189 Å². The molecule has 0 radical (unpaired) electrons. The summed E-state index contributed by atoms with van der Waals surface area (Å²) in [5.41, 5.74) is 10.2. The molecule has 9 heteroatoms. The zero-order valence-electron chi connectivity index (χ0n) is 17.6. The van der Waals surface area contributed by atoms with Gasteiger partial charge in [0.1, 0.15) is 11.5 Å². The molecule has 0 fully saturated rings. The van der Waals surface area contributed by atoms with Crippen molar-refractivity contribution in [2.45, 2.75) is 33.4 Å². The molecule has 1 aromatic carbocycles. The molecule has 0 aliphatic rings. The quantitative estimate of drug-likeness (QED) is 0.409. The van der Waals surface area contributed by atoms with Crippen LogP contribution in [0.3, 0.4) is 0 Å². The van der Waals surface area contributed by atoms with Gasteiger partial charge in [0.25, 0.3) is 5.91 Å². The first kappa shape index (κ1) is 21.7. The highest BCUT2D eigenvalue weighted by molar-refractivity contribution is 6.31. The van der Waals surface area contributed by atoms with E-state index in [-0.39, 0.29) is 18.0 Å². The average molecular weight is 452 g/mol. The van der Waals surface area contributed by atoms with E-state index >= 15 is 0 Å². The number of hydrogen-bond donors (Lipinski definition) is 3. The van der Waals surface area contributed by atoms with E-state index in [0.29, 0.717) is 23.2 Å². The second-order valence-electron chi connectivity index (χ2n) is 7.51. The van der Waals surface area contributed by atoms with Crippen LogP contribution in [0.5, 0.6) is 0 Å². The van der Waals surface area contributed by atoms with Gasteiger partial charge in [-0.05, 0) is 54.8 Å². The van der Waals surface area contributed by atoms with Gasteiger partial charge in [-0.2, -0.15) is 0 Å². The molecule has 4 N–H and O–H groups in total. The number of aromatic nitrogens is 3. The number of halogens is 1. The van der Waals surface area contributed by atoms with E-state index < -0.39 is 12.5 Å². The summed E-state index contributed by atoms with van der Waals surface area (Å²) in [6.45, 7) is 3.58. The van der Waals surface area contributed by atoms with Crippen molar-refractivity contribution in [3.63, 3.8) is 0 Å². The van der Waals surface area contributed by atoms with Crippen molar-refractivity contribution in [1.29, 1.82) is 0 Å². The van der Waals surface area contributed by atoms with E-state index in [1.807, 2.05) is 38.1 Å². The SMILES string of the molecule is Cc1cc(N)nc(C)c1CNC(=O)c1oc(Cc2ccc3ncc(Cl)cc3c2)nc1CO. The average Bonchev–Trinajstić information content (AvgIpc) is 3.15. The summed E-state index contributed by atoms with van der Waals surface area (Å²) in [6.07, 6.45) is 1.95. The summed E-state index contributed by atoms with van der Waals surface area (Å²) >= 11 is 6.03. The van der Waals surface area contributed by atoms with Crippen molar-refractivity contribution < 1.29 is 14.3 Å². The van der Waals surface area contributed by atoms with Gasteiger partial charge in [0.2, 0.25) is 5.76 Å². The molecule has 1 amide bonds. The van der Waals surface area contributed by atoms with Gasteiger partial charge < -0.3 is 20.6 Å². The molecule has 0 saturated heterocycles. The summed E-state index contributed by atoms with van der Waals surface area (Å²) in [6, 6.07) is 9.32. The largest absolute Gasteiger partial charge is 0.435 e. The van der Waals surface area contributed by atoms with Gasteiger partial charge >= 0.3 is 0 Å². The number of nitrogens with one attached hydrogen (secondary N) is 1. The Morgan fingerprint density at radius 3 is 2.78 bits per heavy atom. The van der Waals surface area contributed by atoms with Crippen LogP contribution in [0, 0.1) is 13.8 Å². The summed E-state index contributed by atoms with van der Waals surface area (Å²) in [4.78, 5) is 25.6. The maximum absolute atomic E-state index is 12.7. The summed E-state index contributed by atoms with van der Waals surface area (Å²) in [7, 11) is 0. The number of carbonyl (C=O) groups is 1. The number of hydrogen-bond acceptors (Lipinski definition) is 7.